The number of rotatable bonds is 6. The van der Waals surface area contributed by atoms with E-state index in [0.717, 1.165) is 30.8 Å². The van der Waals surface area contributed by atoms with E-state index in [0.29, 0.717) is 0 Å². The molecule has 0 unspecified atom stereocenters. The Morgan fingerprint density at radius 1 is 1.40 bits per heavy atom. The Kier molecular flexibility index (Phi) is 5.36. The zero-order valence-corrected chi connectivity index (χ0v) is 10.1. The zero-order valence-electron chi connectivity index (χ0n) is 9.30. The predicted octanol–water partition coefficient (Wildman–Crippen LogP) is 1.65. The molecule has 0 aromatic carbocycles. The quantitative estimate of drug-likeness (QED) is 0.724. The first-order valence-electron chi connectivity index (χ1n) is 5.29. The molecule has 3 nitrogen and oxygen atoms in total. The van der Waals surface area contributed by atoms with Gasteiger partial charge in [-0.3, -0.25) is 4.79 Å². The Hall–Kier alpha value is -0.870. The highest BCUT2D eigenvalue weighted by Crippen LogP contribution is 2.16. The van der Waals surface area contributed by atoms with E-state index in [2.05, 4.69) is 17.6 Å². The highest BCUT2D eigenvalue weighted by molar-refractivity contribution is 7.14. The summed E-state index contributed by atoms with van der Waals surface area (Å²) >= 11 is 1.58. The highest BCUT2D eigenvalue weighted by Gasteiger charge is 2.07. The second-order valence-corrected chi connectivity index (χ2v) is 4.50. The van der Waals surface area contributed by atoms with Crippen LogP contribution in [-0.2, 0) is 6.42 Å². The summed E-state index contributed by atoms with van der Waals surface area (Å²) in [4.78, 5) is 13.7. The summed E-state index contributed by atoms with van der Waals surface area (Å²) in [6.45, 7) is 3.77. The van der Waals surface area contributed by atoms with E-state index in [1.54, 1.807) is 11.3 Å². The lowest BCUT2D eigenvalue weighted by Crippen LogP contribution is -2.25. The fraction of sp³-hybridized carbons (Fsp3) is 0.545. The Balaban J connectivity index is 2.33. The molecule has 1 aromatic heterocycles. The van der Waals surface area contributed by atoms with Gasteiger partial charge in [0, 0.05) is 11.4 Å². The molecule has 1 amide bonds. The normalized spacial score (nSPS) is 10.3. The second-order valence-electron chi connectivity index (χ2n) is 3.33. The van der Waals surface area contributed by atoms with Gasteiger partial charge in [0.25, 0.3) is 5.91 Å². The molecule has 1 aromatic rings. The molecule has 0 fully saturated rings. The topological polar surface area (TPSA) is 41.1 Å². The molecule has 4 heteroatoms. The fourth-order valence-electron chi connectivity index (χ4n) is 1.24. The molecule has 0 aliphatic rings. The Bertz CT molecular complexity index is 309. The Morgan fingerprint density at radius 3 is 2.80 bits per heavy atom. The lowest BCUT2D eigenvalue weighted by molar-refractivity contribution is 0.0957. The number of hydrogen-bond acceptors (Lipinski definition) is 3. The standard InChI is InChI=1S/C11H18N2OS/c1-3-9-5-6-10(15-9)11(14)13-8-4-7-12-2/h5-6,12H,3-4,7-8H2,1-2H3,(H,13,14). The van der Waals surface area contributed by atoms with E-state index in [9.17, 15) is 4.79 Å². The predicted molar refractivity (Wildman–Crippen MR) is 64.6 cm³/mol. The third-order valence-corrected chi connectivity index (χ3v) is 3.35. The molecule has 15 heavy (non-hydrogen) atoms. The Labute approximate surface area is 94.9 Å². The molecule has 0 aliphatic heterocycles. The van der Waals surface area contributed by atoms with Gasteiger partial charge in [-0.2, -0.15) is 0 Å². The highest BCUT2D eigenvalue weighted by atomic mass is 32.1. The van der Waals surface area contributed by atoms with Crippen LogP contribution in [0.25, 0.3) is 0 Å². The lowest BCUT2D eigenvalue weighted by atomic mass is 10.3. The van der Waals surface area contributed by atoms with Crippen LogP contribution >= 0.6 is 11.3 Å². The molecule has 1 rings (SSSR count). The van der Waals surface area contributed by atoms with E-state index >= 15 is 0 Å². The molecule has 0 spiro atoms. The number of amides is 1. The van der Waals surface area contributed by atoms with Crippen LogP contribution in [0.5, 0.6) is 0 Å². The molecule has 0 aliphatic carbocycles. The van der Waals surface area contributed by atoms with Crippen LogP contribution in [0.1, 0.15) is 27.9 Å². The molecule has 0 radical (unpaired) electrons. The molecule has 0 saturated heterocycles. The minimum absolute atomic E-state index is 0.0517. The number of aryl methyl sites for hydroxylation is 1. The van der Waals surface area contributed by atoms with E-state index in [4.69, 9.17) is 0 Å². The summed E-state index contributed by atoms with van der Waals surface area (Å²) in [5, 5.41) is 5.95. The van der Waals surface area contributed by atoms with Gasteiger partial charge >= 0.3 is 0 Å². The largest absolute Gasteiger partial charge is 0.351 e. The number of carbonyl (C=O) groups excluding carboxylic acids is 1. The first-order valence-corrected chi connectivity index (χ1v) is 6.11. The molecular formula is C11H18N2OS. The average molecular weight is 226 g/mol. The van der Waals surface area contributed by atoms with Gasteiger partial charge in [0.2, 0.25) is 0 Å². The van der Waals surface area contributed by atoms with Crippen LogP contribution in [0.2, 0.25) is 0 Å². The van der Waals surface area contributed by atoms with Crippen molar-refractivity contribution in [2.75, 3.05) is 20.1 Å². The molecule has 0 bridgehead atoms. The maximum Gasteiger partial charge on any atom is 0.261 e. The van der Waals surface area contributed by atoms with Gasteiger partial charge in [0.15, 0.2) is 0 Å². The minimum Gasteiger partial charge on any atom is -0.351 e. The average Bonchev–Trinajstić information content (AvgIpc) is 2.72. The molecule has 84 valence electrons. The molecule has 0 saturated carbocycles. The summed E-state index contributed by atoms with van der Waals surface area (Å²) in [6, 6.07) is 3.92. The smallest absolute Gasteiger partial charge is 0.261 e. The van der Waals surface area contributed by atoms with Crippen molar-refractivity contribution in [1.29, 1.82) is 0 Å². The monoisotopic (exact) mass is 226 g/mol. The summed E-state index contributed by atoms with van der Waals surface area (Å²) in [5.41, 5.74) is 0. The van der Waals surface area contributed by atoms with Gasteiger partial charge in [-0.05, 0) is 38.6 Å². The van der Waals surface area contributed by atoms with Crippen LogP contribution in [-0.4, -0.2) is 26.0 Å². The minimum atomic E-state index is 0.0517. The number of hydrogen-bond donors (Lipinski definition) is 2. The maximum atomic E-state index is 11.6. The molecule has 0 atom stereocenters. The van der Waals surface area contributed by atoms with Crippen LogP contribution in [0, 0.1) is 0 Å². The summed E-state index contributed by atoms with van der Waals surface area (Å²) in [7, 11) is 1.91. The second kappa shape index (κ2) is 6.58. The van der Waals surface area contributed by atoms with E-state index < -0.39 is 0 Å². The van der Waals surface area contributed by atoms with Gasteiger partial charge in [-0.25, -0.2) is 0 Å². The van der Waals surface area contributed by atoms with Crippen molar-refractivity contribution in [3.8, 4) is 0 Å². The molecular weight excluding hydrogens is 208 g/mol. The Morgan fingerprint density at radius 2 is 2.20 bits per heavy atom. The molecule has 1 heterocycles. The van der Waals surface area contributed by atoms with Crippen molar-refractivity contribution in [3.63, 3.8) is 0 Å². The number of carbonyl (C=O) groups is 1. The summed E-state index contributed by atoms with van der Waals surface area (Å²) in [5.74, 6) is 0.0517. The summed E-state index contributed by atoms with van der Waals surface area (Å²) < 4.78 is 0. The van der Waals surface area contributed by atoms with Crippen LogP contribution in [0.3, 0.4) is 0 Å². The van der Waals surface area contributed by atoms with Gasteiger partial charge < -0.3 is 10.6 Å². The van der Waals surface area contributed by atoms with Crippen molar-refractivity contribution in [3.05, 3.63) is 21.9 Å². The van der Waals surface area contributed by atoms with Gasteiger partial charge in [0.05, 0.1) is 4.88 Å². The molecule has 2 N–H and O–H groups in total. The number of thiophene rings is 1. The van der Waals surface area contributed by atoms with E-state index in [1.807, 2.05) is 19.2 Å². The third-order valence-electron chi connectivity index (χ3n) is 2.12. The van der Waals surface area contributed by atoms with Crippen molar-refractivity contribution in [2.45, 2.75) is 19.8 Å². The third kappa shape index (κ3) is 4.01. The maximum absolute atomic E-state index is 11.6. The van der Waals surface area contributed by atoms with Crippen molar-refractivity contribution >= 4 is 17.2 Å². The number of nitrogens with one attached hydrogen (secondary N) is 2. The van der Waals surface area contributed by atoms with Gasteiger partial charge in [-0.15, -0.1) is 11.3 Å². The van der Waals surface area contributed by atoms with Crippen LogP contribution in [0.4, 0.5) is 0 Å². The zero-order chi connectivity index (χ0) is 11.1. The van der Waals surface area contributed by atoms with E-state index in [-0.39, 0.29) is 5.91 Å². The summed E-state index contributed by atoms with van der Waals surface area (Å²) in [6.07, 6.45) is 1.96. The van der Waals surface area contributed by atoms with E-state index in [1.165, 1.54) is 4.88 Å². The SMILES string of the molecule is CCc1ccc(C(=O)NCCCNC)s1. The van der Waals surface area contributed by atoms with Crippen molar-refractivity contribution in [2.24, 2.45) is 0 Å². The fourth-order valence-corrected chi connectivity index (χ4v) is 2.11. The first kappa shape index (κ1) is 12.2. The van der Waals surface area contributed by atoms with Crippen molar-refractivity contribution in [1.82, 2.24) is 10.6 Å². The lowest BCUT2D eigenvalue weighted by Gasteiger charge is -2.02. The van der Waals surface area contributed by atoms with Crippen LogP contribution < -0.4 is 10.6 Å². The van der Waals surface area contributed by atoms with Gasteiger partial charge in [0.1, 0.15) is 0 Å². The van der Waals surface area contributed by atoms with Crippen LogP contribution in [0.15, 0.2) is 12.1 Å². The van der Waals surface area contributed by atoms with Gasteiger partial charge in [-0.1, -0.05) is 6.92 Å². The first-order chi connectivity index (χ1) is 7.27. The van der Waals surface area contributed by atoms with Crippen molar-refractivity contribution < 1.29 is 4.79 Å².